The molecule has 0 spiro atoms. The molecule has 0 aromatic heterocycles. The average molecular weight is 77.0 g/mol. The number of rotatable bonds is 2. The van der Waals surface area contributed by atoms with E-state index in [0.29, 0.717) is 0 Å². The van der Waals surface area contributed by atoms with Crippen LogP contribution in [-0.4, -0.2) is 18.9 Å². The van der Waals surface area contributed by atoms with Gasteiger partial charge in [-0.05, 0) is 0 Å². The van der Waals surface area contributed by atoms with Crippen molar-refractivity contribution < 1.29 is 4.74 Å². The van der Waals surface area contributed by atoms with Gasteiger partial charge < -0.3 is 4.74 Å². The largest absolute Gasteiger partial charge is 0.474 e. The van der Waals surface area contributed by atoms with E-state index in [1.165, 1.54) is 12.5 Å². The number of ether oxygens (including phenoxy) is 1. The molecular weight excluding hydrogens is 71.0 g/mol. The van der Waals surface area contributed by atoms with Crippen LogP contribution in [0, 0.1) is 0 Å². The number of hydrogen-bond donors (Lipinski definition) is 0. The van der Waals surface area contributed by atoms with E-state index >= 15 is 0 Å². The third kappa shape index (κ3) is 9.11. The third-order valence-corrected chi connectivity index (χ3v) is 0.192. The van der Waals surface area contributed by atoms with Crippen LogP contribution in [0.25, 0.3) is 0 Å². The molecule has 0 aromatic rings. The second-order valence-corrected chi connectivity index (χ2v) is 0.469. The zero-order valence-electron chi connectivity index (χ0n) is 3.98. The van der Waals surface area contributed by atoms with Gasteiger partial charge in [-0.2, -0.15) is 0 Å². The summed E-state index contributed by atoms with van der Waals surface area (Å²) in [7, 11) is 0. The van der Waals surface area contributed by atoms with E-state index < -0.39 is 0 Å². The molecule has 0 N–H and O–H groups in total. The topological polar surface area (TPSA) is 9.23 Å². The first-order valence-corrected chi connectivity index (χ1v) is 1.29. The van der Waals surface area contributed by atoms with Crippen LogP contribution in [0.5, 0.6) is 0 Å². The maximum Gasteiger partial charge on any atom is 0.0829 e. The van der Waals surface area contributed by atoms with Gasteiger partial charge in [-0.1, -0.05) is 13.2 Å². The van der Waals surface area contributed by atoms with Crippen LogP contribution in [0.15, 0.2) is 25.7 Å². The summed E-state index contributed by atoms with van der Waals surface area (Å²) in [5, 5.41) is 0. The predicted molar refractivity (Wildman–Crippen MR) is 27.2 cm³/mol. The maximum absolute atomic E-state index is 4.36. The molecule has 0 fully saturated rings. The van der Waals surface area contributed by atoms with Crippen molar-refractivity contribution in [3.8, 4) is 0 Å². The molecular formula is C4H6LiO. The van der Waals surface area contributed by atoms with Gasteiger partial charge in [-0.25, -0.2) is 0 Å². The number of hydrogen-bond acceptors (Lipinski definition) is 1. The summed E-state index contributed by atoms with van der Waals surface area (Å²) in [4.78, 5) is 0. The summed E-state index contributed by atoms with van der Waals surface area (Å²) in [5.41, 5.74) is 0. The molecule has 0 saturated heterocycles. The Labute approximate surface area is 49.9 Å². The Morgan fingerprint density at radius 1 is 1.17 bits per heavy atom. The van der Waals surface area contributed by atoms with Gasteiger partial charge >= 0.3 is 0 Å². The standard InChI is InChI=1S/C4H6O.Li/c1-3-5-4-2;/h3-4H,1-2H2;. The summed E-state index contributed by atoms with van der Waals surface area (Å²) in [5.74, 6) is 0. The molecule has 0 aromatic carbocycles. The second kappa shape index (κ2) is 8.86. The van der Waals surface area contributed by atoms with Gasteiger partial charge in [0.2, 0.25) is 0 Å². The third-order valence-electron chi connectivity index (χ3n) is 0.192. The van der Waals surface area contributed by atoms with E-state index in [4.69, 9.17) is 0 Å². The van der Waals surface area contributed by atoms with Crippen LogP contribution in [0.1, 0.15) is 0 Å². The molecule has 0 bridgehead atoms. The maximum atomic E-state index is 4.36. The Kier molecular flexibility index (Phi) is 13.7. The Bertz CT molecular complexity index is 36.8. The van der Waals surface area contributed by atoms with Gasteiger partial charge in [0, 0.05) is 18.9 Å². The minimum atomic E-state index is 0. The van der Waals surface area contributed by atoms with Crippen molar-refractivity contribution in [3.05, 3.63) is 25.7 Å². The Morgan fingerprint density at radius 2 is 1.50 bits per heavy atom. The van der Waals surface area contributed by atoms with Gasteiger partial charge in [0.05, 0.1) is 12.5 Å². The molecule has 0 aliphatic rings. The summed E-state index contributed by atoms with van der Waals surface area (Å²) in [6.07, 6.45) is 2.62. The first-order chi connectivity index (χ1) is 2.41. The molecule has 0 saturated carbocycles. The Balaban J connectivity index is 0. The monoisotopic (exact) mass is 77.1 g/mol. The van der Waals surface area contributed by atoms with Crippen LogP contribution in [0.4, 0.5) is 0 Å². The quantitative estimate of drug-likeness (QED) is 0.351. The molecule has 6 heavy (non-hydrogen) atoms. The smallest absolute Gasteiger partial charge is 0.0829 e. The van der Waals surface area contributed by atoms with Crippen LogP contribution in [-0.2, 0) is 4.74 Å². The molecule has 0 heterocycles. The van der Waals surface area contributed by atoms with Gasteiger partial charge in [0.1, 0.15) is 0 Å². The molecule has 0 amide bonds. The minimum Gasteiger partial charge on any atom is -0.474 e. The molecule has 29 valence electrons. The normalized spacial score (nSPS) is 4.67. The summed E-state index contributed by atoms with van der Waals surface area (Å²) in [6, 6.07) is 0. The van der Waals surface area contributed by atoms with E-state index in [1.54, 1.807) is 0 Å². The van der Waals surface area contributed by atoms with Gasteiger partial charge in [-0.15, -0.1) is 0 Å². The van der Waals surface area contributed by atoms with Gasteiger partial charge in [-0.3, -0.25) is 0 Å². The van der Waals surface area contributed by atoms with Crippen molar-refractivity contribution in [2.75, 3.05) is 0 Å². The Morgan fingerprint density at radius 3 is 1.50 bits per heavy atom. The van der Waals surface area contributed by atoms with Crippen molar-refractivity contribution in [2.45, 2.75) is 0 Å². The molecule has 0 unspecified atom stereocenters. The van der Waals surface area contributed by atoms with E-state index in [-0.39, 0.29) is 18.9 Å². The van der Waals surface area contributed by atoms with Crippen LogP contribution >= 0.6 is 0 Å². The molecule has 0 rings (SSSR count). The van der Waals surface area contributed by atoms with E-state index in [0.717, 1.165) is 0 Å². The van der Waals surface area contributed by atoms with Crippen molar-refractivity contribution in [2.24, 2.45) is 0 Å². The first kappa shape index (κ1) is 9.30. The zero-order chi connectivity index (χ0) is 4.12. The van der Waals surface area contributed by atoms with Crippen molar-refractivity contribution >= 4 is 18.9 Å². The van der Waals surface area contributed by atoms with Crippen molar-refractivity contribution in [1.82, 2.24) is 0 Å². The minimum absolute atomic E-state index is 0. The molecule has 0 atom stereocenters. The van der Waals surface area contributed by atoms with Gasteiger partial charge in [0.25, 0.3) is 0 Å². The molecule has 1 radical (unpaired) electrons. The fraction of sp³-hybridized carbons (Fsp3) is 0. The summed E-state index contributed by atoms with van der Waals surface area (Å²) < 4.78 is 4.36. The fourth-order valence-electron chi connectivity index (χ4n) is 0.0680. The SMILES string of the molecule is C=COC=C.[Li]. The predicted octanol–water partition coefficient (Wildman–Crippen LogP) is 0.909. The van der Waals surface area contributed by atoms with Crippen molar-refractivity contribution in [1.29, 1.82) is 0 Å². The van der Waals surface area contributed by atoms with Crippen molar-refractivity contribution in [3.63, 3.8) is 0 Å². The summed E-state index contributed by atoms with van der Waals surface area (Å²) in [6.45, 7) is 6.51. The fourth-order valence-corrected chi connectivity index (χ4v) is 0.0680. The average Bonchev–Trinajstić information content (AvgIpc) is 1.41. The first-order valence-electron chi connectivity index (χ1n) is 1.29. The Hall–Kier alpha value is -0.123. The molecule has 0 aliphatic heterocycles. The van der Waals surface area contributed by atoms with E-state index in [9.17, 15) is 0 Å². The summed E-state index contributed by atoms with van der Waals surface area (Å²) >= 11 is 0. The molecule has 2 heteroatoms. The molecule has 1 nitrogen and oxygen atoms in total. The van der Waals surface area contributed by atoms with E-state index in [1.807, 2.05) is 0 Å². The van der Waals surface area contributed by atoms with Crippen LogP contribution in [0.3, 0.4) is 0 Å². The van der Waals surface area contributed by atoms with Gasteiger partial charge in [0.15, 0.2) is 0 Å². The van der Waals surface area contributed by atoms with Crippen LogP contribution in [0.2, 0.25) is 0 Å². The second-order valence-electron chi connectivity index (χ2n) is 0.469. The van der Waals surface area contributed by atoms with E-state index in [2.05, 4.69) is 17.9 Å². The zero-order valence-corrected chi connectivity index (χ0v) is 3.98. The molecule has 0 aliphatic carbocycles. The van der Waals surface area contributed by atoms with Crippen LogP contribution < -0.4 is 0 Å².